The Morgan fingerprint density at radius 3 is 2.50 bits per heavy atom. The van der Waals surface area contributed by atoms with E-state index in [1.807, 2.05) is 6.07 Å². The van der Waals surface area contributed by atoms with Crippen molar-refractivity contribution >= 4 is 63.5 Å². The maximum atomic E-state index is 12.6. The topological polar surface area (TPSA) is 127 Å². The predicted molar refractivity (Wildman–Crippen MR) is 140 cm³/mol. The van der Waals surface area contributed by atoms with Crippen molar-refractivity contribution in [2.45, 2.75) is 12.5 Å². The molecule has 1 unspecified atom stereocenters. The number of hydrogen-bond donors (Lipinski definition) is 3. The molecule has 4 N–H and O–H groups in total. The Labute approximate surface area is 221 Å². The minimum atomic E-state index is -1.17. The molecule has 0 saturated heterocycles. The molecule has 11 heteroatoms. The fourth-order valence-corrected chi connectivity index (χ4v) is 4.15. The number of carbonyl (C=O) groups excluding carboxylic acids is 1. The molecular formula is C25H19Cl3N4O4. The van der Waals surface area contributed by atoms with E-state index in [2.05, 4.69) is 15.3 Å². The van der Waals surface area contributed by atoms with Crippen LogP contribution < -0.4 is 15.8 Å². The second-order valence-electron chi connectivity index (χ2n) is 7.77. The van der Waals surface area contributed by atoms with Crippen molar-refractivity contribution in [1.29, 1.82) is 0 Å². The molecule has 36 heavy (non-hydrogen) atoms. The Morgan fingerprint density at radius 1 is 1.03 bits per heavy atom. The first-order chi connectivity index (χ1) is 17.2. The highest BCUT2D eigenvalue weighted by molar-refractivity contribution is 6.43. The summed E-state index contributed by atoms with van der Waals surface area (Å²) in [4.78, 5) is 32.9. The van der Waals surface area contributed by atoms with Crippen molar-refractivity contribution in [3.8, 4) is 17.0 Å². The number of carbonyl (C=O) groups is 2. The molecule has 0 radical (unpaired) electrons. The minimum absolute atomic E-state index is 0.0137. The van der Waals surface area contributed by atoms with Crippen molar-refractivity contribution < 1.29 is 19.4 Å². The molecule has 0 saturated carbocycles. The summed E-state index contributed by atoms with van der Waals surface area (Å²) in [5.41, 5.74) is 7.99. The summed E-state index contributed by atoms with van der Waals surface area (Å²) in [5.74, 6) is -1.74. The van der Waals surface area contributed by atoms with Gasteiger partial charge in [-0.15, -0.1) is 0 Å². The molecule has 1 atom stereocenters. The number of nitrogens with two attached hydrogens (primary N) is 1. The molecule has 0 fully saturated rings. The Kier molecular flexibility index (Phi) is 7.79. The highest BCUT2D eigenvalue weighted by Crippen LogP contribution is 2.42. The number of anilines is 1. The van der Waals surface area contributed by atoms with E-state index in [1.54, 1.807) is 54.6 Å². The molecule has 1 heterocycles. The van der Waals surface area contributed by atoms with Crippen LogP contribution in [-0.4, -0.2) is 39.6 Å². The van der Waals surface area contributed by atoms with E-state index in [9.17, 15) is 14.7 Å². The van der Waals surface area contributed by atoms with Gasteiger partial charge in [0.25, 0.3) is 5.91 Å². The van der Waals surface area contributed by atoms with Gasteiger partial charge in [-0.3, -0.25) is 4.79 Å². The quantitative estimate of drug-likeness (QED) is 0.283. The number of fused-ring (bicyclic) bond motifs is 1. The van der Waals surface area contributed by atoms with Gasteiger partial charge in [0.15, 0.2) is 6.61 Å². The van der Waals surface area contributed by atoms with Gasteiger partial charge in [-0.1, -0.05) is 65.1 Å². The Bertz CT molecular complexity index is 1450. The molecule has 0 spiro atoms. The number of halogens is 3. The van der Waals surface area contributed by atoms with Crippen LogP contribution in [0.2, 0.25) is 15.1 Å². The summed E-state index contributed by atoms with van der Waals surface area (Å²) in [7, 11) is 0. The fourth-order valence-electron chi connectivity index (χ4n) is 3.61. The van der Waals surface area contributed by atoms with E-state index in [-0.39, 0.29) is 28.2 Å². The molecule has 0 aliphatic carbocycles. The number of hydrogen-bond acceptors (Lipinski definition) is 6. The molecule has 4 rings (SSSR count). The zero-order chi connectivity index (χ0) is 25.8. The van der Waals surface area contributed by atoms with Crippen molar-refractivity contribution in [1.82, 2.24) is 15.3 Å². The maximum absolute atomic E-state index is 12.6. The van der Waals surface area contributed by atoms with E-state index < -0.39 is 24.5 Å². The lowest BCUT2D eigenvalue weighted by Gasteiger charge is -2.17. The van der Waals surface area contributed by atoms with Crippen molar-refractivity contribution in [3.63, 3.8) is 0 Å². The molecule has 4 aromatic rings. The van der Waals surface area contributed by atoms with E-state index in [1.165, 1.54) is 0 Å². The number of nitrogens with zero attached hydrogens (tertiary/aromatic N) is 2. The lowest BCUT2D eigenvalue weighted by molar-refractivity contribution is -0.142. The maximum Gasteiger partial charge on any atom is 0.326 e. The number of aliphatic carboxylic acids is 1. The molecule has 3 aromatic carbocycles. The summed E-state index contributed by atoms with van der Waals surface area (Å²) in [6.45, 7) is -0.523. The van der Waals surface area contributed by atoms with Gasteiger partial charge >= 0.3 is 5.97 Å². The van der Waals surface area contributed by atoms with Gasteiger partial charge in [-0.05, 0) is 35.9 Å². The average molecular weight is 546 g/mol. The number of carboxylic acids is 1. The van der Waals surface area contributed by atoms with Gasteiger partial charge < -0.3 is 20.9 Å². The van der Waals surface area contributed by atoms with Crippen LogP contribution in [0.15, 0.2) is 60.7 Å². The van der Waals surface area contributed by atoms with Gasteiger partial charge in [-0.25, -0.2) is 14.8 Å². The van der Waals surface area contributed by atoms with Crippen LogP contribution in [0.3, 0.4) is 0 Å². The number of nitrogens with one attached hydrogen (secondary N) is 1. The van der Waals surface area contributed by atoms with Gasteiger partial charge in [0.1, 0.15) is 16.8 Å². The average Bonchev–Trinajstić information content (AvgIpc) is 2.85. The summed E-state index contributed by atoms with van der Waals surface area (Å²) < 4.78 is 5.76. The molecule has 1 aromatic heterocycles. The summed E-state index contributed by atoms with van der Waals surface area (Å²) in [6, 6.07) is 16.0. The van der Waals surface area contributed by atoms with Crippen LogP contribution in [0.1, 0.15) is 5.56 Å². The Hall–Kier alpha value is -3.59. The van der Waals surface area contributed by atoms with Gasteiger partial charge in [0.2, 0.25) is 5.95 Å². The molecule has 0 aliphatic rings. The van der Waals surface area contributed by atoms with E-state index in [0.717, 1.165) is 5.56 Å². The van der Waals surface area contributed by atoms with Gasteiger partial charge in [0.05, 0.1) is 16.2 Å². The SMILES string of the molecule is Nc1nc(-c2ccc(Cl)c(Cl)c2OCC(=O)NC(Cc2ccccc2)C(=O)O)c2cc(Cl)ccc2n1. The number of rotatable bonds is 8. The third-order valence-electron chi connectivity index (χ3n) is 5.24. The normalized spacial score (nSPS) is 11.8. The summed E-state index contributed by atoms with van der Waals surface area (Å²) in [6.07, 6.45) is 0.109. The standard InChI is InChI=1S/C25H19Cl3N4O4/c26-14-6-9-18-16(11-14)22(32-25(29)31-18)15-7-8-17(27)21(28)23(15)36-12-20(33)30-19(24(34)35)10-13-4-2-1-3-5-13/h1-9,11,19H,10,12H2,(H,30,33)(H,34,35)(H2,29,31,32). The van der Waals surface area contributed by atoms with Crippen molar-refractivity contribution in [2.24, 2.45) is 0 Å². The second-order valence-corrected chi connectivity index (χ2v) is 8.99. The van der Waals surface area contributed by atoms with E-state index >= 15 is 0 Å². The summed E-state index contributed by atoms with van der Waals surface area (Å²) in [5, 5.41) is 13.3. The number of ether oxygens (including phenoxy) is 1. The Morgan fingerprint density at radius 2 is 1.78 bits per heavy atom. The van der Waals surface area contributed by atoms with Crippen LogP contribution in [0.25, 0.3) is 22.2 Å². The smallest absolute Gasteiger partial charge is 0.326 e. The van der Waals surface area contributed by atoms with Crippen LogP contribution in [0.4, 0.5) is 5.95 Å². The summed E-state index contributed by atoms with van der Waals surface area (Å²) >= 11 is 18.8. The van der Waals surface area contributed by atoms with Crippen LogP contribution in [-0.2, 0) is 16.0 Å². The van der Waals surface area contributed by atoms with Crippen molar-refractivity contribution in [2.75, 3.05) is 12.3 Å². The third-order valence-corrected chi connectivity index (χ3v) is 6.27. The van der Waals surface area contributed by atoms with E-state index in [4.69, 9.17) is 45.3 Å². The number of aromatic nitrogens is 2. The van der Waals surface area contributed by atoms with Crippen LogP contribution in [0.5, 0.6) is 5.75 Å². The molecule has 0 bridgehead atoms. The molecule has 184 valence electrons. The first-order valence-corrected chi connectivity index (χ1v) is 11.8. The van der Waals surface area contributed by atoms with Crippen LogP contribution in [0, 0.1) is 0 Å². The third kappa shape index (κ3) is 5.79. The molecule has 1 amide bonds. The first kappa shape index (κ1) is 25.5. The number of amides is 1. The number of carboxylic acid groups (broad SMARTS) is 1. The lowest BCUT2D eigenvalue weighted by atomic mass is 10.1. The molecule has 0 aliphatic heterocycles. The minimum Gasteiger partial charge on any atom is -0.481 e. The lowest BCUT2D eigenvalue weighted by Crippen LogP contribution is -2.44. The van der Waals surface area contributed by atoms with Crippen molar-refractivity contribution in [3.05, 3.63) is 81.3 Å². The van der Waals surface area contributed by atoms with Crippen LogP contribution >= 0.6 is 34.8 Å². The monoisotopic (exact) mass is 544 g/mol. The number of benzene rings is 3. The first-order valence-electron chi connectivity index (χ1n) is 10.6. The zero-order valence-electron chi connectivity index (χ0n) is 18.5. The predicted octanol–water partition coefficient (Wildman–Crippen LogP) is 5.03. The highest BCUT2D eigenvalue weighted by atomic mass is 35.5. The molecular weight excluding hydrogens is 527 g/mol. The number of nitrogen functional groups attached to an aromatic ring is 1. The largest absolute Gasteiger partial charge is 0.481 e. The zero-order valence-corrected chi connectivity index (χ0v) is 20.8. The fraction of sp³-hybridized carbons (Fsp3) is 0.120. The van der Waals surface area contributed by atoms with E-state index in [0.29, 0.717) is 27.2 Å². The van der Waals surface area contributed by atoms with Gasteiger partial charge in [0, 0.05) is 22.4 Å². The van der Waals surface area contributed by atoms with Gasteiger partial charge in [-0.2, -0.15) is 0 Å². The second kappa shape index (κ2) is 11.0. The molecule has 8 nitrogen and oxygen atoms in total. The highest BCUT2D eigenvalue weighted by Gasteiger charge is 2.23. The Balaban J connectivity index is 1.61.